The molecule has 0 fully saturated rings. The van der Waals surface area contributed by atoms with Crippen molar-refractivity contribution < 1.29 is 0 Å². The Morgan fingerprint density at radius 2 is 1.35 bits per heavy atom. The molecule has 0 aliphatic rings. The number of fused-ring (bicyclic) bond motifs is 1. The predicted molar refractivity (Wildman–Crippen MR) is 155 cm³/mol. The Kier molecular flexibility index (Phi) is 9.98. The average Bonchev–Trinajstić information content (AvgIpc) is 3.63. The second kappa shape index (κ2) is 13.1. The third-order valence-corrected chi connectivity index (χ3v) is 9.89. The van der Waals surface area contributed by atoms with Gasteiger partial charge in [0.25, 0.3) is 0 Å². The summed E-state index contributed by atoms with van der Waals surface area (Å²) in [5.74, 6) is 1.15. The van der Waals surface area contributed by atoms with E-state index in [-0.39, 0.29) is 0 Å². The van der Waals surface area contributed by atoms with Gasteiger partial charge in [0.1, 0.15) is 11.0 Å². The number of unbranched alkanes of at least 4 members (excludes halogenated alkanes) is 6. The molecule has 0 bridgehead atoms. The summed E-state index contributed by atoms with van der Waals surface area (Å²) in [4.78, 5) is 7.30. The van der Waals surface area contributed by atoms with Gasteiger partial charge < -0.3 is 0 Å². The average molecular weight is 530 g/mol. The zero-order chi connectivity index (χ0) is 23.8. The second-order valence-corrected chi connectivity index (χ2v) is 12.3. The fourth-order valence-electron chi connectivity index (χ4n) is 4.24. The zero-order valence-electron chi connectivity index (χ0n) is 20.5. The Hall–Kier alpha value is -1.28. The van der Waals surface area contributed by atoms with E-state index in [0.29, 0.717) is 0 Å². The topological polar surface area (TPSA) is 30.7 Å². The standard InChI is InChI=1S/C27H35N3S4/c1-4-6-8-10-16-30-28-24-22(20-14-12-18-32-20)26(31-3)27(34-17-11-9-7-5-2)23(25(24)29-30)21-15-13-19-33-21/h12-15,18-19H,4-11,16-17H2,1-3H3. The summed E-state index contributed by atoms with van der Waals surface area (Å²) in [6.07, 6.45) is 12.3. The normalized spacial score (nSPS) is 11.6. The number of aryl methyl sites for hydroxylation is 1. The Morgan fingerprint density at radius 3 is 1.88 bits per heavy atom. The van der Waals surface area contributed by atoms with Crippen LogP contribution in [0.2, 0.25) is 0 Å². The van der Waals surface area contributed by atoms with Crippen LogP contribution in [0.4, 0.5) is 0 Å². The third-order valence-electron chi connectivity index (χ3n) is 5.98. The molecule has 3 heterocycles. The lowest BCUT2D eigenvalue weighted by atomic mass is 10.1. The predicted octanol–water partition coefficient (Wildman–Crippen LogP) is 9.86. The Balaban J connectivity index is 1.85. The van der Waals surface area contributed by atoms with E-state index in [4.69, 9.17) is 10.2 Å². The van der Waals surface area contributed by atoms with Gasteiger partial charge in [0.15, 0.2) is 0 Å². The van der Waals surface area contributed by atoms with Gasteiger partial charge in [0, 0.05) is 30.7 Å². The lowest BCUT2D eigenvalue weighted by molar-refractivity contribution is 0.495. The number of rotatable bonds is 14. The summed E-state index contributed by atoms with van der Waals surface area (Å²) >= 11 is 7.50. The van der Waals surface area contributed by atoms with E-state index in [1.807, 2.05) is 39.7 Å². The highest BCUT2D eigenvalue weighted by Gasteiger charge is 2.26. The molecule has 0 radical (unpaired) electrons. The summed E-state index contributed by atoms with van der Waals surface area (Å²) in [5, 5.41) is 14.6. The van der Waals surface area contributed by atoms with Crippen LogP contribution in [0.15, 0.2) is 44.8 Å². The summed E-state index contributed by atoms with van der Waals surface area (Å²) in [7, 11) is 0. The lowest BCUT2D eigenvalue weighted by Gasteiger charge is -2.17. The van der Waals surface area contributed by atoms with Crippen molar-refractivity contribution >= 4 is 57.2 Å². The monoisotopic (exact) mass is 529 g/mol. The zero-order valence-corrected chi connectivity index (χ0v) is 23.8. The molecule has 0 saturated carbocycles. The maximum Gasteiger partial charge on any atom is 0.123 e. The molecule has 4 aromatic rings. The molecule has 0 N–H and O–H groups in total. The van der Waals surface area contributed by atoms with Crippen molar-refractivity contribution in [2.45, 2.75) is 81.5 Å². The number of thiophene rings is 2. The number of thioether (sulfide) groups is 2. The number of hydrogen-bond acceptors (Lipinski definition) is 6. The molecular weight excluding hydrogens is 495 g/mol. The van der Waals surface area contributed by atoms with E-state index < -0.39 is 0 Å². The Labute approximate surface area is 220 Å². The number of nitrogens with zero attached hydrogens (tertiary/aromatic N) is 3. The maximum atomic E-state index is 5.12. The van der Waals surface area contributed by atoms with Crippen LogP contribution >= 0.6 is 46.2 Å². The molecule has 0 saturated heterocycles. The fraction of sp³-hybridized carbons (Fsp3) is 0.481. The van der Waals surface area contributed by atoms with E-state index >= 15 is 0 Å². The van der Waals surface area contributed by atoms with Crippen molar-refractivity contribution in [2.75, 3.05) is 12.0 Å². The maximum absolute atomic E-state index is 5.12. The molecule has 0 atom stereocenters. The number of benzene rings is 1. The highest BCUT2D eigenvalue weighted by atomic mass is 32.2. The van der Waals surface area contributed by atoms with Gasteiger partial charge >= 0.3 is 0 Å². The van der Waals surface area contributed by atoms with Gasteiger partial charge in [0.2, 0.25) is 0 Å². The molecule has 34 heavy (non-hydrogen) atoms. The Bertz CT molecular complexity index is 1150. The molecule has 1 aromatic carbocycles. The minimum atomic E-state index is 0.885. The van der Waals surface area contributed by atoms with E-state index in [1.54, 1.807) is 11.3 Å². The van der Waals surface area contributed by atoms with Crippen molar-refractivity contribution in [3.63, 3.8) is 0 Å². The van der Waals surface area contributed by atoms with Crippen molar-refractivity contribution in [3.8, 4) is 20.9 Å². The summed E-state index contributed by atoms with van der Waals surface area (Å²) in [5.41, 5.74) is 4.68. The first kappa shape index (κ1) is 25.8. The van der Waals surface area contributed by atoms with Gasteiger partial charge in [-0.25, -0.2) is 0 Å². The Morgan fingerprint density at radius 1 is 0.765 bits per heavy atom. The minimum absolute atomic E-state index is 0.885. The number of hydrogen-bond donors (Lipinski definition) is 0. The SMILES string of the molecule is CCCCCCSc1c(SC)c(-c2cccs2)c2nn(CCCCCC)nc2c1-c1cccs1. The van der Waals surface area contributed by atoms with Crippen molar-refractivity contribution in [1.82, 2.24) is 15.0 Å². The van der Waals surface area contributed by atoms with Gasteiger partial charge in [0.05, 0.1) is 6.54 Å². The quantitative estimate of drug-likeness (QED) is 0.120. The van der Waals surface area contributed by atoms with Gasteiger partial charge in [-0.2, -0.15) is 15.0 Å². The minimum Gasteiger partial charge on any atom is -0.184 e. The summed E-state index contributed by atoms with van der Waals surface area (Å²) in [6, 6.07) is 8.79. The molecule has 0 amide bonds. The molecule has 0 aliphatic heterocycles. The molecule has 3 aromatic heterocycles. The van der Waals surface area contributed by atoms with E-state index in [0.717, 1.165) is 29.8 Å². The largest absolute Gasteiger partial charge is 0.184 e. The van der Waals surface area contributed by atoms with Crippen LogP contribution in [-0.4, -0.2) is 27.0 Å². The summed E-state index contributed by atoms with van der Waals surface area (Å²) < 4.78 is 0. The fourth-order valence-corrected chi connectivity index (χ4v) is 8.19. The lowest BCUT2D eigenvalue weighted by Crippen LogP contribution is -2.02. The number of aromatic nitrogens is 3. The van der Waals surface area contributed by atoms with Gasteiger partial charge in [-0.15, -0.1) is 46.2 Å². The van der Waals surface area contributed by atoms with Crippen LogP contribution in [0, 0.1) is 0 Å². The van der Waals surface area contributed by atoms with Crippen LogP contribution in [0.3, 0.4) is 0 Å². The highest BCUT2D eigenvalue weighted by Crippen LogP contribution is 2.50. The van der Waals surface area contributed by atoms with Crippen LogP contribution in [0.1, 0.15) is 65.2 Å². The van der Waals surface area contributed by atoms with Gasteiger partial charge in [-0.05, 0) is 47.7 Å². The van der Waals surface area contributed by atoms with E-state index in [1.165, 1.54) is 75.6 Å². The van der Waals surface area contributed by atoms with Crippen molar-refractivity contribution in [2.24, 2.45) is 0 Å². The van der Waals surface area contributed by atoms with E-state index in [2.05, 4.69) is 55.1 Å². The summed E-state index contributed by atoms with van der Waals surface area (Å²) in [6.45, 7) is 5.42. The molecule has 0 unspecified atom stereocenters. The smallest absolute Gasteiger partial charge is 0.123 e. The van der Waals surface area contributed by atoms with E-state index in [9.17, 15) is 0 Å². The van der Waals surface area contributed by atoms with Gasteiger partial charge in [-0.1, -0.05) is 64.5 Å². The van der Waals surface area contributed by atoms with Crippen molar-refractivity contribution in [1.29, 1.82) is 0 Å². The molecule has 0 aliphatic carbocycles. The molecule has 4 rings (SSSR count). The highest BCUT2D eigenvalue weighted by molar-refractivity contribution is 8.02. The first-order chi connectivity index (χ1) is 16.8. The second-order valence-electron chi connectivity index (χ2n) is 8.53. The van der Waals surface area contributed by atoms with Crippen molar-refractivity contribution in [3.05, 3.63) is 35.0 Å². The van der Waals surface area contributed by atoms with Crippen LogP contribution < -0.4 is 0 Å². The van der Waals surface area contributed by atoms with Crippen LogP contribution in [0.25, 0.3) is 31.9 Å². The first-order valence-electron chi connectivity index (χ1n) is 12.5. The molecule has 3 nitrogen and oxygen atoms in total. The first-order valence-corrected chi connectivity index (χ1v) is 16.4. The third kappa shape index (κ3) is 5.92. The van der Waals surface area contributed by atoms with Crippen LogP contribution in [-0.2, 0) is 6.54 Å². The molecule has 0 spiro atoms. The van der Waals surface area contributed by atoms with Gasteiger partial charge in [-0.3, -0.25) is 0 Å². The molecule has 182 valence electrons. The van der Waals surface area contributed by atoms with Crippen LogP contribution in [0.5, 0.6) is 0 Å². The molecule has 7 heteroatoms. The molecular formula is C27H35N3S4.